The predicted octanol–water partition coefficient (Wildman–Crippen LogP) is 2.17. The average Bonchev–Trinajstić information content (AvgIpc) is 2.59. The van der Waals surface area contributed by atoms with Crippen LogP contribution in [0.3, 0.4) is 0 Å². The maximum Gasteiger partial charge on any atom is 0.158 e. The third-order valence-electron chi connectivity index (χ3n) is 2.21. The van der Waals surface area contributed by atoms with Crippen LogP contribution in [0.25, 0.3) is 11.0 Å². The highest BCUT2D eigenvalue weighted by Crippen LogP contribution is 2.20. The molecule has 76 valence electrons. The lowest BCUT2D eigenvalue weighted by molar-refractivity contribution is 0.366. The fourth-order valence-electron chi connectivity index (χ4n) is 1.49. The molecule has 0 fully saturated rings. The van der Waals surface area contributed by atoms with Crippen LogP contribution < -0.4 is 0 Å². The zero-order chi connectivity index (χ0) is 11.1. The van der Waals surface area contributed by atoms with Crippen LogP contribution in [0.1, 0.15) is 26.3 Å². The summed E-state index contributed by atoms with van der Waals surface area (Å²) in [6.45, 7) is 6.28. The molecule has 0 aliphatic rings. The van der Waals surface area contributed by atoms with Gasteiger partial charge < -0.3 is 0 Å². The first-order valence-corrected chi connectivity index (χ1v) is 4.83. The van der Waals surface area contributed by atoms with Gasteiger partial charge in [0, 0.05) is 17.1 Å². The fraction of sp³-hybridized carbons (Fsp3) is 0.333. The molecule has 0 amide bonds. The van der Waals surface area contributed by atoms with Crippen molar-refractivity contribution in [3.63, 3.8) is 0 Å². The van der Waals surface area contributed by atoms with Crippen molar-refractivity contribution < 1.29 is 0 Å². The largest absolute Gasteiger partial charge is 0.242 e. The molecular weight excluding hydrogens is 186 g/mol. The van der Waals surface area contributed by atoms with Crippen molar-refractivity contribution in [3.8, 4) is 12.3 Å². The quantitative estimate of drug-likeness (QED) is 0.609. The summed E-state index contributed by atoms with van der Waals surface area (Å²) in [4.78, 5) is 4.34. The number of terminal acetylenes is 1. The van der Waals surface area contributed by atoms with Crippen molar-refractivity contribution in [2.45, 2.75) is 26.3 Å². The van der Waals surface area contributed by atoms with Gasteiger partial charge >= 0.3 is 0 Å². The van der Waals surface area contributed by atoms with Gasteiger partial charge in [-0.15, -0.1) is 6.42 Å². The number of fused-ring (bicyclic) bond motifs is 1. The molecule has 0 radical (unpaired) electrons. The molecule has 3 nitrogen and oxygen atoms in total. The van der Waals surface area contributed by atoms with Crippen molar-refractivity contribution in [3.05, 3.63) is 24.0 Å². The molecule has 2 rings (SSSR count). The van der Waals surface area contributed by atoms with E-state index < -0.39 is 0 Å². The zero-order valence-electron chi connectivity index (χ0n) is 9.15. The SMILES string of the molecule is C#Cc1cnc2c(cnn2C(C)(C)C)c1. The van der Waals surface area contributed by atoms with Gasteiger partial charge in [-0.25, -0.2) is 9.67 Å². The Hall–Kier alpha value is -1.82. The molecule has 2 aromatic rings. The molecule has 2 heterocycles. The molecule has 0 atom stereocenters. The Balaban J connectivity index is 2.69. The van der Waals surface area contributed by atoms with Gasteiger partial charge in [0.2, 0.25) is 0 Å². The van der Waals surface area contributed by atoms with E-state index in [2.05, 4.69) is 36.8 Å². The van der Waals surface area contributed by atoms with Crippen molar-refractivity contribution >= 4 is 11.0 Å². The Labute approximate surface area is 89.1 Å². The van der Waals surface area contributed by atoms with E-state index in [1.165, 1.54) is 0 Å². The van der Waals surface area contributed by atoms with Gasteiger partial charge in [-0.1, -0.05) is 5.92 Å². The van der Waals surface area contributed by atoms with Crippen molar-refractivity contribution in [1.82, 2.24) is 14.8 Å². The van der Waals surface area contributed by atoms with E-state index in [1.807, 2.05) is 10.7 Å². The zero-order valence-corrected chi connectivity index (χ0v) is 9.15. The van der Waals surface area contributed by atoms with Crippen LogP contribution in [0.15, 0.2) is 18.5 Å². The molecule has 15 heavy (non-hydrogen) atoms. The Bertz CT molecular complexity index is 538. The molecule has 0 aromatic carbocycles. The highest BCUT2D eigenvalue weighted by atomic mass is 15.3. The molecule has 0 N–H and O–H groups in total. The minimum Gasteiger partial charge on any atom is -0.242 e. The second-order valence-corrected chi connectivity index (χ2v) is 4.51. The van der Waals surface area contributed by atoms with Crippen molar-refractivity contribution in [2.24, 2.45) is 0 Å². The molecule has 0 spiro atoms. The van der Waals surface area contributed by atoms with E-state index in [4.69, 9.17) is 6.42 Å². The molecule has 0 aliphatic carbocycles. The number of hydrogen-bond donors (Lipinski definition) is 0. The average molecular weight is 199 g/mol. The molecule has 0 aliphatic heterocycles. The summed E-state index contributed by atoms with van der Waals surface area (Å²) in [5, 5.41) is 5.31. The van der Waals surface area contributed by atoms with Gasteiger partial charge in [-0.05, 0) is 26.8 Å². The summed E-state index contributed by atoms with van der Waals surface area (Å²) < 4.78 is 1.91. The number of aromatic nitrogens is 3. The molecule has 0 unspecified atom stereocenters. The second-order valence-electron chi connectivity index (χ2n) is 4.51. The van der Waals surface area contributed by atoms with Gasteiger partial charge in [0.15, 0.2) is 5.65 Å². The van der Waals surface area contributed by atoms with Crippen LogP contribution in [0.2, 0.25) is 0 Å². The van der Waals surface area contributed by atoms with Crippen LogP contribution in [-0.2, 0) is 5.54 Å². The lowest BCUT2D eigenvalue weighted by Crippen LogP contribution is -2.23. The van der Waals surface area contributed by atoms with E-state index in [0.717, 1.165) is 16.6 Å². The van der Waals surface area contributed by atoms with E-state index in [9.17, 15) is 0 Å². The number of rotatable bonds is 0. The van der Waals surface area contributed by atoms with Crippen LogP contribution in [0, 0.1) is 12.3 Å². The number of nitrogens with zero attached hydrogens (tertiary/aromatic N) is 3. The minimum absolute atomic E-state index is 0.0631. The molecule has 0 saturated carbocycles. The smallest absolute Gasteiger partial charge is 0.158 e. The maximum atomic E-state index is 5.32. The molecule has 0 saturated heterocycles. The summed E-state index contributed by atoms with van der Waals surface area (Å²) in [7, 11) is 0. The molecule has 0 bridgehead atoms. The minimum atomic E-state index is -0.0631. The summed E-state index contributed by atoms with van der Waals surface area (Å²) in [6.07, 6.45) is 8.82. The Morgan fingerprint density at radius 1 is 1.33 bits per heavy atom. The van der Waals surface area contributed by atoms with Gasteiger partial charge in [-0.3, -0.25) is 0 Å². The summed E-state index contributed by atoms with van der Waals surface area (Å²) in [5.41, 5.74) is 1.60. The predicted molar refractivity (Wildman–Crippen MR) is 60.5 cm³/mol. The Kier molecular flexibility index (Phi) is 2.01. The van der Waals surface area contributed by atoms with E-state index in [0.29, 0.717) is 0 Å². The standard InChI is InChI=1S/C12H13N3/c1-5-9-6-10-8-14-15(12(2,3)4)11(10)13-7-9/h1,6-8H,2-4H3. The topological polar surface area (TPSA) is 30.7 Å². The van der Waals surface area contributed by atoms with Gasteiger partial charge in [-0.2, -0.15) is 5.10 Å². The lowest BCUT2D eigenvalue weighted by atomic mass is 10.1. The molecule has 3 heteroatoms. The van der Waals surface area contributed by atoms with Crippen LogP contribution in [0.5, 0.6) is 0 Å². The third-order valence-corrected chi connectivity index (χ3v) is 2.21. The summed E-state index contributed by atoms with van der Waals surface area (Å²) >= 11 is 0. The Morgan fingerprint density at radius 2 is 2.07 bits per heavy atom. The van der Waals surface area contributed by atoms with Gasteiger partial charge in [0.05, 0.1) is 11.7 Å². The van der Waals surface area contributed by atoms with Crippen LogP contribution in [0.4, 0.5) is 0 Å². The summed E-state index contributed by atoms with van der Waals surface area (Å²) in [6, 6.07) is 1.93. The normalized spacial score (nSPS) is 11.6. The van der Waals surface area contributed by atoms with Crippen molar-refractivity contribution in [2.75, 3.05) is 0 Å². The Morgan fingerprint density at radius 3 is 2.67 bits per heavy atom. The number of pyridine rings is 1. The van der Waals surface area contributed by atoms with E-state index in [-0.39, 0.29) is 5.54 Å². The van der Waals surface area contributed by atoms with E-state index in [1.54, 1.807) is 12.4 Å². The van der Waals surface area contributed by atoms with Crippen molar-refractivity contribution in [1.29, 1.82) is 0 Å². The molecular formula is C12H13N3. The van der Waals surface area contributed by atoms with Crippen LogP contribution in [-0.4, -0.2) is 14.8 Å². The fourth-order valence-corrected chi connectivity index (χ4v) is 1.49. The first kappa shape index (κ1) is 9.72. The van der Waals surface area contributed by atoms with Crippen LogP contribution >= 0.6 is 0 Å². The highest BCUT2D eigenvalue weighted by molar-refractivity contribution is 5.76. The first-order chi connectivity index (χ1) is 7.02. The summed E-state index contributed by atoms with van der Waals surface area (Å²) in [5.74, 6) is 2.57. The maximum absolute atomic E-state index is 5.32. The third kappa shape index (κ3) is 1.59. The van der Waals surface area contributed by atoms with Gasteiger partial charge in [0.25, 0.3) is 0 Å². The highest BCUT2D eigenvalue weighted by Gasteiger charge is 2.17. The molecule has 2 aromatic heterocycles. The number of hydrogen-bond acceptors (Lipinski definition) is 2. The monoisotopic (exact) mass is 199 g/mol. The second kappa shape index (κ2) is 3.09. The first-order valence-electron chi connectivity index (χ1n) is 4.83. The van der Waals surface area contributed by atoms with E-state index >= 15 is 0 Å². The lowest BCUT2D eigenvalue weighted by Gasteiger charge is -2.19. The van der Waals surface area contributed by atoms with Gasteiger partial charge in [0.1, 0.15) is 0 Å².